The summed E-state index contributed by atoms with van der Waals surface area (Å²) in [5.41, 5.74) is -0.185. The number of nitrogens with zero attached hydrogens (tertiary/aromatic N) is 3. The monoisotopic (exact) mass is 421 g/mol. The molecule has 0 bridgehead atoms. The Kier molecular flexibility index (Phi) is 5.21. The summed E-state index contributed by atoms with van der Waals surface area (Å²) in [5, 5.41) is 3.79. The third kappa shape index (κ3) is 3.88. The number of piperidine rings is 1. The lowest BCUT2D eigenvalue weighted by Gasteiger charge is -2.31. The third-order valence-electron chi connectivity index (χ3n) is 5.44. The molecule has 1 aromatic carbocycles. The van der Waals surface area contributed by atoms with Crippen molar-refractivity contribution in [3.05, 3.63) is 58.7 Å². The fourth-order valence-electron chi connectivity index (χ4n) is 3.92. The maximum Gasteiger partial charge on any atom is 0.417 e. The molecule has 3 heterocycles. The van der Waals surface area contributed by atoms with E-state index in [4.69, 9.17) is 4.52 Å². The van der Waals surface area contributed by atoms with Crippen molar-refractivity contribution in [3.63, 3.8) is 0 Å². The molecule has 0 saturated carbocycles. The van der Waals surface area contributed by atoms with E-state index in [-0.39, 0.29) is 40.7 Å². The lowest BCUT2D eigenvalue weighted by molar-refractivity contribution is -0.136. The first-order valence-corrected chi connectivity index (χ1v) is 9.59. The highest BCUT2D eigenvalue weighted by Gasteiger charge is 2.37. The highest BCUT2D eigenvalue weighted by molar-refractivity contribution is 5.82. The number of hydrogen-bond acceptors (Lipinski definition) is 4. The van der Waals surface area contributed by atoms with Crippen molar-refractivity contribution in [1.29, 1.82) is 0 Å². The van der Waals surface area contributed by atoms with Gasteiger partial charge in [0.05, 0.1) is 23.1 Å². The maximum absolute atomic E-state index is 13.8. The summed E-state index contributed by atoms with van der Waals surface area (Å²) in [5.74, 6) is -0.927. The van der Waals surface area contributed by atoms with Gasteiger partial charge in [0.15, 0.2) is 0 Å². The van der Waals surface area contributed by atoms with Gasteiger partial charge in [0.2, 0.25) is 5.91 Å². The lowest BCUT2D eigenvalue weighted by atomic mass is 9.90. The van der Waals surface area contributed by atoms with Gasteiger partial charge in [-0.3, -0.25) is 4.79 Å². The molecular formula is C21H19F4N3O2. The van der Waals surface area contributed by atoms with Crippen molar-refractivity contribution in [3.8, 4) is 0 Å². The second-order valence-corrected chi connectivity index (χ2v) is 7.48. The van der Waals surface area contributed by atoms with Crippen molar-refractivity contribution >= 4 is 17.0 Å². The summed E-state index contributed by atoms with van der Waals surface area (Å²) in [6.45, 7) is 2.18. The fraction of sp³-hybridized carbons (Fsp3) is 0.381. The van der Waals surface area contributed by atoms with E-state index < -0.39 is 17.6 Å². The standard InChI is InChI=1S/C21H19F4N3O2/c1-12-10-15(21(23,24)25)18-19(27-30-20(18)26-12)13-6-8-28(9-7-13)17(29)11-14-4-2-3-5-16(14)22/h2-5,10,13H,6-9,11H2,1H3. The Hall–Kier alpha value is -2.97. The molecule has 4 rings (SSSR count). The van der Waals surface area contributed by atoms with Crippen LogP contribution in [0.1, 0.15) is 41.3 Å². The minimum atomic E-state index is -4.55. The summed E-state index contributed by atoms with van der Waals surface area (Å²) >= 11 is 0. The number of aromatic nitrogens is 2. The zero-order valence-electron chi connectivity index (χ0n) is 16.2. The summed E-state index contributed by atoms with van der Waals surface area (Å²) in [7, 11) is 0. The SMILES string of the molecule is Cc1cc(C(F)(F)F)c2c(C3CCN(C(=O)Cc4ccccc4F)CC3)noc2n1. The van der Waals surface area contributed by atoms with Crippen LogP contribution in [0.3, 0.4) is 0 Å². The van der Waals surface area contributed by atoms with Gasteiger partial charge in [-0.15, -0.1) is 0 Å². The quantitative estimate of drug-likeness (QED) is 0.579. The molecule has 1 aliphatic heterocycles. The number of alkyl halides is 3. The zero-order valence-corrected chi connectivity index (χ0v) is 16.2. The molecule has 0 atom stereocenters. The van der Waals surface area contributed by atoms with Crippen molar-refractivity contribution in [2.75, 3.05) is 13.1 Å². The molecule has 30 heavy (non-hydrogen) atoms. The molecule has 1 aliphatic rings. The van der Waals surface area contributed by atoms with E-state index in [2.05, 4.69) is 10.1 Å². The zero-order chi connectivity index (χ0) is 21.5. The van der Waals surface area contributed by atoms with Crippen LogP contribution >= 0.6 is 0 Å². The van der Waals surface area contributed by atoms with Crippen LogP contribution in [0.15, 0.2) is 34.9 Å². The molecule has 0 radical (unpaired) electrons. The Balaban J connectivity index is 1.51. The second-order valence-electron chi connectivity index (χ2n) is 7.48. The first-order valence-electron chi connectivity index (χ1n) is 9.59. The van der Waals surface area contributed by atoms with Crippen molar-refractivity contribution < 1.29 is 26.9 Å². The molecule has 0 N–H and O–H groups in total. The molecular weight excluding hydrogens is 402 g/mol. The van der Waals surface area contributed by atoms with E-state index in [1.807, 2.05) is 0 Å². The Morgan fingerprint density at radius 2 is 1.93 bits per heavy atom. The Morgan fingerprint density at radius 1 is 1.23 bits per heavy atom. The van der Waals surface area contributed by atoms with Gasteiger partial charge in [0.1, 0.15) is 5.82 Å². The molecule has 9 heteroatoms. The second kappa shape index (κ2) is 7.70. The van der Waals surface area contributed by atoms with E-state index in [1.54, 1.807) is 23.1 Å². The minimum Gasteiger partial charge on any atom is -0.342 e. The van der Waals surface area contributed by atoms with E-state index in [9.17, 15) is 22.4 Å². The molecule has 1 amide bonds. The Bertz CT molecular complexity index is 1090. The predicted molar refractivity (Wildman–Crippen MR) is 100 cm³/mol. The number of aryl methyl sites for hydroxylation is 1. The van der Waals surface area contributed by atoms with Gasteiger partial charge in [-0.1, -0.05) is 23.4 Å². The number of hydrogen-bond donors (Lipinski definition) is 0. The number of halogens is 4. The molecule has 3 aromatic rings. The maximum atomic E-state index is 13.8. The van der Waals surface area contributed by atoms with Crippen molar-refractivity contribution in [1.82, 2.24) is 15.0 Å². The fourth-order valence-corrected chi connectivity index (χ4v) is 3.92. The van der Waals surface area contributed by atoms with Crippen LogP contribution in [0.2, 0.25) is 0 Å². The summed E-state index contributed by atoms with van der Waals surface area (Å²) < 4.78 is 59.5. The first-order chi connectivity index (χ1) is 14.2. The molecule has 0 spiro atoms. The van der Waals surface area contributed by atoms with Gasteiger partial charge >= 0.3 is 6.18 Å². The lowest BCUT2D eigenvalue weighted by Crippen LogP contribution is -2.39. The molecule has 2 aromatic heterocycles. The van der Waals surface area contributed by atoms with Gasteiger partial charge in [0.25, 0.3) is 5.71 Å². The van der Waals surface area contributed by atoms with Crippen LogP contribution in [0.5, 0.6) is 0 Å². The number of likely N-dealkylation sites (tertiary alicyclic amines) is 1. The number of fused-ring (bicyclic) bond motifs is 1. The molecule has 1 saturated heterocycles. The predicted octanol–water partition coefficient (Wildman–Crippen LogP) is 4.64. The average Bonchev–Trinajstić information content (AvgIpc) is 3.12. The van der Waals surface area contributed by atoms with Crippen LogP contribution in [-0.2, 0) is 17.4 Å². The van der Waals surface area contributed by atoms with Crippen LogP contribution in [0.4, 0.5) is 17.6 Å². The molecule has 158 valence electrons. The minimum absolute atomic E-state index is 0.0500. The molecule has 0 aliphatic carbocycles. The summed E-state index contributed by atoms with van der Waals surface area (Å²) in [6.07, 6.45) is -3.72. The van der Waals surface area contributed by atoms with Gasteiger partial charge in [-0.2, -0.15) is 13.2 Å². The van der Waals surface area contributed by atoms with Crippen LogP contribution in [-0.4, -0.2) is 34.0 Å². The van der Waals surface area contributed by atoms with Gasteiger partial charge < -0.3 is 9.42 Å². The van der Waals surface area contributed by atoms with Crippen LogP contribution in [0.25, 0.3) is 11.1 Å². The summed E-state index contributed by atoms with van der Waals surface area (Å²) in [6, 6.07) is 7.09. The molecule has 5 nitrogen and oxygen atoms in total. The molecule has 1 fully saturated rings. The van der Waals surface area contributed by atoms with Crippen LogP contribution < -0.4 is 0 Å². The number of carbonyl (C=O) groups is 1. The van der Waals surface area contributed by atoms with Gasteiger partial charge in [0, 0.05) is 24.7 Å². The van der Waals surface area contributed by atoms with Gasteiger partial charge in [-0.05, 0) is 37.5 Å². The van der Waals surface area contributed by atoms with Crippen molar-refractivity contribution in [2.45, 2.75) is 38.3 Å². The highest BCUT2D eigenvalue weighted by atomic mass is 19.4. The van der Waals surface area contributed by atoms with E-state index in [0.29, 0.717) is 31.5 Å². The third-order valence-corrected chi connectivity index (χ3v) is 5.44. The smallest absolute Gasteiger partial charge is 0.342 e. The number of benzene rings is 1. The van der Waals surface area contributed by atoms with E-state index in [1.165, 1.54) is 13.0 Å². The normalized spacial score (nSPS) is 15.7. The van der Waals surface area contributed by atoms with Crippen LogP contribution in [0, 0.1) is 12.7 Å². The number of amides is 1. The first kappa shape index (κ1) is 20.3. The highest BCUT2D eigenvalue weighted by Crippen LogP contribution is 2.40. The molecule has 0 unspecified atom stereocenters. The average molecular weight is 421 g/mol. The summed E-state index contributed by atoms with van der Waals surface area (Å²) in [4.78, 5) is 18.2. The van der Waals surface area contributed by atoms with E-state index in [0.717, 1.165) is 6.07 Å². The largest absolute Gasteiger partial charge is 0.417 e. The Morgan fingerprint density at radius 3 is 2.60 bits per heavy atom. The number of carbonyl (C=O) groups excluding carboxylic acids is 1. The van der Waals surface area contributed by atoms with Gasteiger partial charge in [-0.25, -0.2) is 9.37 Å². The number of pyridine rings is 1. The van der Waals surface area contributed by atoms with E-state index >= 15 is 0 Å². The number of rotatable bonds is 3. The Labute approximate surface area is 169 Å². The topological polar surface area (TPSA) is 59.2 Å². The van der Waals surface area contributed by atoms with Crippen molar-refractivity contribution in [2.24, 2.45) is 0 Å².